The smallest absolute Gasteiger partial charge is 0.259 e. The van der Waals surface area contributed by atoms with Crippen LogP contribution in [0, 0.1) is 0 Å². The summed E-state index contributed by atoms with van der Waals surface area (Å²) in [5.41, 5.74) is 1.19. The van der Waals surface area contributed by atoms with Gasteiger partial charge in [-0.3, -0.25) is 9.59 Å². The van der Waals surface area contributed by atoms with E-state index in [4.69, 9.17) is 0 Å². The third kappa shape index (κ3) is 3.84. The maximum atomic E-state index is 12.5. The summed E-state index contributed by atoms with van der Waals surface area (Å²) in [5.74, 6) is 1.90. The summed E-state index contributed by atoms with van der Waals surface area (Å²) in [6.07, 6.45) is 6.47. The second-order valence-corrected chi connectivity index (χ2v) is 9.18. The standard InChI is InChI=1S/C17H18N4O2S3/c22-13(21-17-18-6-8-25-17)5-7-24-9-12-19-15(23)14-10-3-1-2-4-11(10)26-16(14)20-12/h6,8H,1-5,7,9H2,(H,18,21,22)(H,19,20,23). The quantitative estimate of drug-likeness (QED) is 0.611. The Morgan fingerprint density at radius 2 is 2.23 bits per heavy atom. The molecule has 0 atom stereocenters. The molecule has 0 bridgehead atoms. The molecular formula is C17H18N4O2S3. The molecule has 9 heteroatoms. The van der Waals surface area contributed by atoms with Crippen molar-refractivity contribution in [3.63, 3.8) is 0 Å². The van der Waals surface area contributed by atoms with Crippen LogP contribution in [0.15, 0.2) is 16.4 Å². The van der Waals surface area contributed by atoms with Crippen molar-refractivity contribution >= 4 is 55.7 Å². The number of anilines is 1. The molecule has 1 aliphatic rings. The molecule has 0 aromatic carbocycles. The van der Waals surface area contributed by atoms with Gasteiger partial charge in [-0.05, 0) is 31.2 Å². The van der Waals surface area contributed by atoms with Crippen LogP contribution >= 0.6 is 34.4 Å². The molecule has 1 aliphatic carbocycles. The lowest BCUT2D eigenvalue weighted by molar-refractivity contribution is -0.115. The Morgan fingerprint density at radius 3 is 3.08 bits per heavy atom. The fourth-order valence-electron chi connectivity index (χ4n) is 3.08. The summed E-state index contributed by atoms with van der Waals surface area (Å²) in [5, 5.41) is 6.01. The average Bonchev–Trinajstić information content (AvgIpc) is 3.25. The van der Waals surface area contributed by atoms with Gasteiger partial charge >= 0.3 is 0 Å². The van der Waals surface area contributed by atoms with Gasteiger partial charge in [-0.15, -0.1) is 22.7 Å². The Balaban J connectivity index is 1.36. The molecule has 3 aromatic heterocycles. The molecule has 3 heterocycles. The zero-order chi connectivity index (χ0) is 17.9. The summed E-state index contributed by atoms with van der Waals surface area (Å²) >= 11 is 4.66. The van der Waals surface area contributed by atoms with E-state index >= 15 is 0 Å². The first-order chi connectivity index (χ1) is 12.7. The minimum absolute atomic E-state index is 0.0217. The number of nitrogens with one attached hydrogen (secondary N) is 2. The highest BCUT2D eigenvalue weighted by Gasteiger charge is 2.19. The molecule has 26 heavy (non-hydrogen) atoms. The molecule has 0 saturated heterocycles. The van der Waals surface area contributed by atoms with E-state index in [2.05, 4.69) is 20.3 Å². The Morgan fingerprint density at radius 1 is 1.35 bits per heavy atom. The number of fused-ring (bicyclic) bond motifs is 3. The molecule has 0 spiro atoms. The van der Waals surface area contributed by atoms with Gasteiger partial charge in [0.2, 0.25) is 5.91 Å². The van der Waals surface area contributed by atoms with E-state index in [9.17, 15) is 9.59 Å². The average molecular weight is 407 g/mol. The van der Waals surface area contributed by atoms with Crippen LogP contribution in [0.3, 0.4) is 0 Å². The lowest BCUT2D eigenvalue weighted by Crippen LogP contribution is -2.13. The SMILES string of the molecule is O=C(CCSCc1nc2sc3c(c2c(=O)[nH]1)CCCC3)Nc1nccs1. The number of thiazole rings is 1. The number of rotatable bonds is 6. The zero-order valence-corrected chi connectivity index (χ0v) is 16.5. The predicted octanol–water partition coefficient (Wildman–Crippen LogP) is 3.58. The Hall–Kier alpha value is -1.71. The summed E-state index contributed by atoms with van der Waals surface area (Å²) in [4.78, 5) is 38.1. The van der Waals surface area contributed by atoms with Gasteiger partial charge in [0.1, 0.15) is 10.7 Å². The second kappa shape index (κ2) is 7.89. The van der Waals surface area contributed by atoms with Crippen molar-refractivity contribution in [2.24, 2.45) is 0 Å². The molecule has 3 aromatic rings. The number of aryl methyl sites for hydroxylation is 2. The summed E-state index contributed by atoms with van der Waals surface area (Å²) in [6.45, 7) is 0. The van der Waals surface area contributed by atoms with Gasteiger partial charge in [0.05, 0.1) is 11.1 Å². The highest BCUT2D eigenvalue weighted by molar-refractivity contribution is 7.98. The number of aromatic amines is 1. The van der Waals surface area contributed by atoms with Gasteiger partial charge < -0.3 is 10.3 Å². The number of hydrogen-bond acceptors (Lipinski definition) is 7. The molecule has 136 valence electrons. The Kier molecular flexibility index (Phi) is 5.37. The number of amides is 1. The third-order valence-electron chi connectivity index (χ3n) is 4.27. The van der Waals surface area contributed by atoms with Gasteiger partial charge in [-0.1, -0.05) is 0 Å². The van der Waals surface area contributed by atoms with E-state index in [1.54, 1.807) is 29.3 Å². The first-order valence-corrected chi connectivity index (χ1v) is 11.4. The molecule has 0 radical (unpaired) electrons. The first-order valence-electron chi connectivity index (χ1n) is 8.51. The van der Waals surface area contributed by atoms with Crippen LogP contribution in [0.1, 0.15) is 35.5 Å². The van der Waals surface area contributed by atoms with Gasteiger partial charge in [0.15, 0.2) is 5.13 Å². The number of H-pyrrole nitrogens is 1. The lowest BCUT2D eigenvalue weighted by atomic mass is 9.97. The van der Waals surface area contributed by atoms with Crippen molar-refractivity contribution in [2.75, 3.05) is 11.1 Å². The van der Waals surface area contributed by atoms with E-state index in [0.29, 0.717) is 28.9 Å². The topological polar surface area (TPSA) is 87.7 Å². The number of thioether (sulfide) groups is 1. The third-order valence-corrected chi connectivity index (χ3v) is 7.11. The van der Waals surface area contributed by atoms with Crippen LogP contribution in [-0.4, -0.2) is 26.6 Å². The minimum Gasteiger partial charge on any atom is -0.309 e. The second-order valence-electron chi connectivity index (χ2n) is 6.09. The molecule has 0 saturated carbocycles. The van der Waals surface area contributed by atoms with Gasteiger partial charge in [-0.25, -0.2) is 9.97 Å². The highest BCUT2D eigenvalue weighted by atomic mass is 32.2. The van der Waals surface area contributed by atoms with E-state index in [1.807, 2.05) is 5.38 Å². The minimum atomic E-state index is -0.0460. The Bertz CT molecular complexity index is 978. The fourth-order valence-corrected chi connectivity index (χ4v) is 5.71. The van der Waals surface area contributed by atoms with E-state index < -0.39 is 0 Å². The van der Waals surface area contributed by atoms with Crippen LogP contribution < -0.4 is 10.9 Å². The highest BCUT2D eigenvalue weighted by Crippen LogP contribution is 2.33. The number of hydrogen-bond donors (Lipinski definition) is 2. The van der Waals surface area contributed by atoms with Crippen molar-refractivity contribution < 1.29 is 4.79 Å². The summed E-state index contributed by atoms with van der Waals surface area (Å²) in [6, 6.07) is 0. The van der Waals surface area contributed by atoms with Crippen LogP contribution in [-0.2, 0) is 23.4 Å². The molecule has 6 nitrogen and oxygen atoms in total. The number of carbonyl (C=O) groups excluding carboxylic acids is 1. The summed E-state index contributed by atoms with van der Waals surface area (Å²) < 4.78 is 0. The monoisotopic (exact) mass is 406 g/mol. The van der Waals surface area contributed by atoms with Gasteiger partial charge in [0.25, 0.3) is 5.56 Å². The maximum absolute atomic E-state index is 12.5. The van der Waals surface area contributed by atoms with E-state index in [-0.39, 0.29) is 11.5 Å². The predicted molar refractivity (Wildman–Crippen MR) is 108 cm³/mol. The zero-order valence-electron chi connectivity index (χ0n) is 14.0. The number of thiophene rings is 1. The molecule has 0 unspecified atom stereocenters. The van der Waals surface area contributed by atoms with Crippen molar-refractivity contribution in [2.45, 2.75) is 37.9 Å². The van der Waals surface area contributed by atoms with Crippen molar-refractivity contribution in [3.05, 3.63) is 38.2 Å². The fraction of sp³-hybridized carbons (Fsp3) is 0.412. The summed E-state index contributed by atoms with van der Waals surface area (Å²) in [7, 11) is 0. The van der Waals surface area contributed by atoms with Gasteiger partial charge in [-0.2, -0.15) is 11.8 Å². The van der Waals surface area contributed by atoms with Crippen molar-refractivity contribution in [1.82, 2.24) is 15.0 Å². The normalized spacial score (nSPS) is 13.7. The van der Waals surface area contributed by atoms with Gasteiger partial charge in [0, 0.05) is 28.6 Å². The number of nitrogens with zero attached hydrogens (tertiary/aromatic N) is 2. The van der Waals surface area contributed by atoms with Crippen molar-refractivity contribution in [1.29, 1.82) is 0 Å². The lowest BCUT2D eigenvalue weighted by Gasteiger charge is -2.09. The van der Waals surface area contributed by atoms with Crippen molar-refractivity contribution in [3.8, 4) is 0 Å². The van der Waals surface area contributed by atoms with Crippen LogP contribution in [0.2, 0.25) is 0 Å². The molecule has 4 rings (SSSR count). The van der Waals surface area contributed by atoms with E-state index in [0.717, 1.165) is 29.5 Å². The Labute approximate surface area is 162 Å². The molecule has 1 amide bonds. The molecule has 0 fully saturated rings. The molecule has 0 aliphatic heterocycles. The first kappa shape index (κ1) is 17.7. The molecule has 2 N–H and O–H groups in total. The maximum Gasteiger partial charge on any atom is 0.259 e. The van der Waals surface area contributed by atoms with E-state index in [1.165, 1.54) is 28.2 Å². The number of carbonyl (C=O) groups is 1. The van der Waals surface area contributed by atoms with Crippen LogP contribution in [0.5, 0.6) is 0 Å². The molecular weight excluding hydrogens is 388 g/mol. The van der Waals surface area contributed by atoms with Crippen LogP contribution in [0.4, 0.5) is 5.13 Å². The van der Waals surface area contributed by atoms with Crippen LogP contribution in [0.25, 0.3) is 10.2 Å². The largest absolute Gasteiger partial charge is 0.309 e. The number of aromatic nitrogens is 3.